The summed E-state index contributed by atoms with van der Waals surface area (Å²) in [5.74, 6) is 0. The molecule has 0 amide bonds. The monoisotopic (exact) mass is 268 g/mol. The van der Waals surface area contributed by atoms with Gasteiger partial charge < -0.3 is 10.0 Å². The average Bonchev–Trinajstić information content (AvgIpc) is 2.78. The van der Waals surface area contributed by atoms with E-state index >= 15 is 0 Å². The van der Waals surface area contributed by atoms with E-state index in [0.29, 0.717) is 6.04 Å². The molecule has 0 radical (unpaired) electrons. The third kappa shape index (κ3) is 2.63. The predicted molar refractivity (Wildman–Crippen MR) is 76.4 cm³/mol. The van der Waals surface area contributed by atoms with Crippen LogP contribution in [0.2, 0.25) is 5.02 Å². The van der Waals surface area contributed by atoms with Crippen molar-refractivity contribution in [2.75, 3.05) is 24.7 Å². The molecule has 2 N–H and O–H groups in total. The van der Waals surface area contributed by atoms with Gasteiger partial charge in [-0.3, -0.25) is 5.32 Å². The SMILES string of the molecule is CC(C)N1CCc2c(CCNCO)ccc(Cl)c21. The Morgan fingerprint density at radius 2 is 2.22 bits per heavy atom. The van der Waals surface area contributed by atoms with Crippen LogP contribution in [0, 0.1) is 0 Å². The van der Waals surface area contributed by atoms with Gasteiger partial charge in [-0.15, -0.1) is 0 Å². The lowest BCUT2D eigenvalue weighted by Crippen LogP contribution is -2.28. The van der Waals surface area contributed by atoms with Crippen molar-refractivity contribution in [2.24, 2.45) is 0 Å². The number of aliphatic hydroxyl groups excluding tert-OH is 1. The number of benzene rings is 1. The second kappa shape index (κ2) is 5.91. The molecule has 0 saturated carbocycles. The smallest absolute Gasteiger partial charge is 0.0931 e. The van der Waals surface area contributed by atoms with Crippen molar-refractivity contribution in [2.45, 2.75) is 32.7 Å². The normalized spacial score (nSPS) is 14.4. The molecule has 0 bridgehead atoms. The maximum atomic E-state index is 8.76. The van der Waals surface area contributed by atoms with E-state index in [1.165, 1.54) is 16.8 Å². The fourth-order valence-corrected chi connectivity index (χ4v) is 2.92. The van der Waals surface area contributed by atoms with Gasteiger partial charge in [0.25, 0.3) is 0 Å². The molecule has 4 heteroatoms. The van der Waals surface area contributed by atoms with E-state index in [1.54, 1.807) is 0 Å². The van der Waals surface area contributed by atoms with E-state index < -0.39 is 0 Å². The molecule has 1 heterocycles. The Hall–Kier alpha value is -0.770. The summed E-state index contributed by atoms with van der Waals surface area (Å²) in [7, 11) is 0. The van der Waals surface area contributed by atoms with Crippen molar-refractivity contribution >= 4 is 17.3 Å². The Balaban J connectivity index is 2.25. The molecule has 18 heavy (non-hydrogen) atoms. The first-order valence-corrected chi connectivity index (χ1v) is 6.91. The van der Waals surface area contributed by atoms with Crippen molar-refractivity contribution < 1.29 is 5.11 Å². The van der Waals surface area contributed by atoms with E-state index in [4.69, 9.17) is 16.7 Å². The number of nitrogens with one attached hydrogen (secondary N) is 1. The van der Waals surface area contributed by atoms with Crippen molar-refractivity contribution in [3.63, 3.8) is 0 Å². The summed E-state index contributed by atoms with van der Waals surface area (Å²) in [6, 6.07) is 4.59. The number of nitrogens with zero attached hydrogens (tertiary/aromatic N) is 1. The van der Waals surface area contributed by atoms with Crippen molar-refractivity contribution in [3.05, 3.63) is 28.3 Å². The molecule has 0 atom stereocenters. The third-order valence-electron chi connectivity index (χ3n) is 3.53. The van der Waals surface area contributed by atoms with Gasteiger partial charge in [0.15, 0.2) is 0 Å². The zero-order valence-corrected chi connectivity index (χ0v) is 11.8. The summed E-state index contributed by atoms with van der Waals surface area (Å²) < 4.78 is 0. The number of hydrogen-bond acceptors (Lipinski definition) is 3. The number of aliphatic hydroxyl groups is 1. The predicted octanol–water partition coefficient (Wildman–Crippen LogP) is 2.19. The molecule has 0 unspecified atom stereocenters. The lowest BCUT2D eigenvalue weighted by Gasteiger charge is -2.25. The fraction of sp³-hybridized carbons (Fsp3) is 0.571. The molecule has 0 spiro atoms. The highest BCUT2D eigenvalue weighted by molar-refractivity contribution is 6.33. The highest BCUT2D eigenvalue weighted by Crippen LogP contribution is 2.38. The standard InChI is InChI=1S/C14H21ClN2O/c1-10(2)17-8-6-12-11(5-7-16-9-18)3-4-13(15)14(12)17/h3-4,10,16,18H,5-9H2,1-2H3. The first kappa shape index (κ1) is 13.7. The van der Waals surface area contributed by atoms with Crippen LogP contribution in [-0.2, 0) is 12.8 Å². The van der Waals surface area contributed by atoms with E-state index in [1.807, 2.05) is 6.07 Å². The maximum absolute atomic E-state index is 8.76. The van der Waals surface area contributed by atoms with Gasteiger partial charge in [-0.2, -0.15) is 0 Å². The summed E-state index contributed by atoms with van der Waals surface area (Å²) >= 11 is 6.34. The number of hydrogen-bond donors (Lipinski definition) is 2. The summed E-state index contributed by atoms with van der Waals surface area (Å²) in [5, 5.41) is 12.6. The molecular weight excluding hydrogens is 248 g/mol. The van der Waals surface area contributed by atoms with Gasteiger partial charge in [-0.05, 0) is 43.9 Å². The summed E-state index contributed by atoms with van der Waals surface area (Å²) in [6.45, 7) is 6.29. The lowest BCUT2D eigenvalue weighted by atomic mass is 10.0. The second-order valence-corrected chi connectivity index (χ2v) is 5.39. The van der Waals surface area contributed by atoms with Gasteiger partial charge in [0.05, 0.1) is 17.4 Å². The molecule has 1 aromatic carbocycles. The van der Waals surface area contributed by atoms with Crippen molar-refractivity contribution in [1.29, 1.82) is 0 Å². The Morgan fingerprint density at radius 1 is 1.44 bits per heavy atom. The van der Waals surface area contributed by atoms with Crippen LogP contribution in [0.5, 0.6) is 0 Å². The van der Waals surface area contributed by atoms with Gasteiger partial charge in [-0.1, -0.05) is 17.7 Å². The molecular formula is C14H21ClN2O. The molecule has 1 aliphatic heterocycles. The van der Waals surface area contributed by atoms with E-state index in [0.717, 1.165) is 31.0 Å². The molecule has 1 aliphatic rings. The minimum absolute atomic E-state index is 0.0356. The zero-order chi connectivity index (χ0) is 13.1. The van der Waals surface area contributed by atoms with E-state index in [-0.39, 0.29) is 6.73 Å². The van der Waals surface area contributed by atoms with Crippen LogP contribution >= 0.6 is 11.6 Å². The molecule has 0 fully saturated rings. The van der Waals surface area contributed by atoms with Crippen LogP contribution in [0.3, 0.4) is 0 Å². The minimum atomic E-state index is 0.0356. The first-order chi connectivity index (χ1) is 8.65. The zero-order valence-electron chi connectivity index (χ0n) is 11.0. The maximum Gasteiger partial charge on any atom is 0.0931 e. The van der Waals surface area contributed by atoms with Crippen LogP contribution in [0.4, 0.5) is 5.69 Å². The molecule has 2 rings (SSSR count). The number of halogens is 1. The average molecular weight is 269 g/mol. The fourth-order valence-electron chi connectivity index (χ4n) is 2.64. The first-order valence-electron chi connectivity index (χ1n) is 6.53. The van der Waals surface area contributed by atoms with Gasteiger partial charge in [0.1, 0.15) is 0 Å². The van der Waals surface area contributed by atoms with E-state index in [2.05, 4.69) is 30.1 Å². The van der Waals surface area contributed by atoms with Crippen molar-refractivity contribution in [1.82, 2.24) is 5.32 Å². The summed E-state index contributed by atoms with van der Waals surface area (Å²) in [6.07, 6.45) is 2.01. The summed E-state index contributed by atoms with van der Waals surface area (Å²) in [4.78, 5) is 2.38. The van der Waals surface area contributed by atoms with Crippen LogP contribution in [0.25, 0.3) is 0 Å². The number of anilines is 1. The van der Waals surface area contributed by atoms with Crippen LogP contribution in [0.15, 0.2) is 12.1 Å². The molecule has 0 aliphatic carbocycles. The van der Waals surface area contributed by atoms with Crippen LogP contribution in [-0.4, -0.2) is 31.0 Å². The molecule has 0 aromatic heterocycles. The van der Waals surface area contributed by atoms with Crippen LogP contribution in [0.1, 0.15) is 25.0 Å². The molecule has 0 saturated heterocycles. The van der Waals surface area contributed by atoms with E-state index in [9.17, 15) is 0 Å². The Labute approximate surface area is 114 Å². The summed E-state index contributed by atoms with van der Waals surface area (Å²) in [5.41, 5.74) is 3.95. The Bertz CT molecular complexity index is 421. The highest BCUT2D eigenvalue weighted by Gasteiger charge is 2.25. The van der Waals surface area contributed by atoms with Gasteiger partial charge >= 0.3 is 0 Å². The Morgan fingerprint density at radius 3 is 2.89 bits per heavy atom. The topological polar surface area (TPSA) is 35.5 Å². The molecule has 1 aromatic rings. The number of fused-ring (bicyclic) bond motifs is 1. The molecule has 100 valence electrons. The van der Waals surface area contributed by atoms with Gasteiger partial charge in [0, 0.05) is 19.1 Å². The molecule has 3 nitrogen and oxygen atoms in total. The Kier molecular flexibility index (Phi) is 4.49. The number of rotatable bonds is 5. The van der Waals surface area contributed by atoms with Gasteiger partial charge in [0.2, 0.25) is 0 Å². The van der Waals surface area contributed by atoms with Crippen molar-refractivity contribution in [3.8, 4) is 0 Å². The highest BCUT2D eigenvalue weighted by atomic mass is 35.5. The lowest BCUT2D eigenvalue weighted by molar-refractivity contribution is 0.262. The van der Waals surface area contributed by atoms with Gasteiger partial charge in [-0.25, -0.2) is 0 Å². The largest absolute Gasteiger partial charge is 0.381 e. The second-order valence-electron chi connectivity index (χ2n) is 4.98. The minimum Gasteiger partial charge on any atom is -0.381 e. The van der Waals surface area contributed by atoms with Crippen LogP contribution < -0.4 is 10.2 Å². The quantitative estimate of drug-likeness (QED) is 0.635. The third-order valence-corrected chi connectivity index (χ3v) is 3.83.